The van der Waals surface area contributed by atoms with Crippen LogP contribution in [0.1, 0.15) is 12.5 Å². The van der Waals surface area contributed by atoms with Gasteiger partial charge in [-0.05, 0) is 23.8 Å². The van der Waals surface area contributed by atoms with E-state index in [0.29, 0.717) is 23.7 Å². The van der Waals surface area contributed by atoms with E-state index in [1.165, 1.54) is 6.33 Å². The van der Waals surface area contributed by atoms with Crippen LogP contribution in [0.3, 0.4) is 0 Å². The number of fused-ring (bicyclic) bond motifs is 1. The van der Waals surface area contributed by atoms with Crippen LogP contribution in [0.2, 0.25) is 0 Å². The molecule has 2 N–H and O–H groups in total. The zero-order valence-electron chi connectivity index (χ0n) is 16.2. The molecule has 3 aromatic carbocycles. The van der Waals surface area contributed by atoms with Crippen molar-refractivity contribution in [2.75, 3.05) is 5.32 Å². The van der Waals surface area contributed by atoms with Gasteiger partial charge in [-0.3, -0.25) is 0 Å². The fourth-order valence-electron chi connectivity index (χ4n) is 2.68. The van der Waals surface area contributed by atoms with Crippen molar-refractivity contribution in [3.63, 3.8) is 0 Å². The van der Waals surface area contributed by atoms with E-state index in [-0.39, 0.29) is 38.5 Å². The van der Waals surface area contributed by atoms with Gasteiger partial charge in [-0.2, -0.15) is 6.92 Å². The molecule has 0 unspecified atom stereocenters. The molecular weight excluding hydrogens is 439 g/mol. The number of nitrogens with one attached hydrogen (secondary N) is 1. The molecule has 0 aliphatic heterocycles. The van der Waals surface area contributed by atoms with E-state index in [1.54, 1.807) is 19.1 Å². The Morgan fingerprint density at radius 2 is 1.59 bits per heavy atom. The number of aromatic nitrogens is 2. The zero-order chi connectivity index (χ0) is 19.8. The van der Waals surface area contributed by atoms with Gasteiger partial charge in [0.2, 0.25) is 0 Å². The zero-order valence-corrected chi connectivity index (χ0v) is 19.1. The third kappa shape index (κ3) is 5.99. The van der Waals surface area contributed by atoms with Crippen molar-refractivity contribution in [2.45, 2.75) is 13.5 Å². The Hall–Kier alpha value is -2.50. The standard InChI is InChI=1S/C21H17N3O2.C2H5.Y/c25-19-11-17-18(12-20(19)26-13-15-7-3-1-4-8-15)22-14-23-21(17)24-16-9-5-2-6-10-16;1-2;/h1-12,14,25H,13H2,(H,22,23,24);1H2,2H3;/q;-1;. The Kier molecular flexibility index (Phi) is 9.03. The molecule has 0 aliphatic carbocycles. The Balaban J connectivity index is 0.000000970. The molecule has 0 atom stereocenters. The number of anilines is 2. The third-order valence-corrected chi connectivity index (χ3v) is 3.99. The third-order valence-electron chi connectivity index (χ3n) is 3.99. The van der Waals surface area contributed by atoms with E-state index in [2.05, 4.69) is 22.2 Å². The number of hydrogen-bond donors (Lipinski definition) is 2. The van der Waals surface area contributed by atoms with Gasteiger partial charge in [0.15, 0.2) is 11.5 Å². The number of para-hydroxylation sites is 1. The van der Waals surface area contributed by atoms with Crippen molar-refractivity contribution < 1.29 is 42.6 Å². The van der Waals surface area contributed by atoms with Crippen molar-refractivity contribution in [3.8, 4) is 11.5 Å². The van der Waals surface area contributed by atoms with Gasteiger partial charge in [0.05, 0.1) is 5.52 Å². The fraction of sp³-hybridized carbons (Fsp3) is 0.0870. The minimum Gasteiger partial charge on any atom is -0.504 e. The number of hydrogen-bond acceptors (Lipinski definition) is 5. The molecule has 145 valence electrons. The minimum atomic E-state index is 0. The summed E-state index contributed by atoms with van der Waals surface area (Å²) in [6.07, 6.45) is 1.49. The average molecular weight is 461 g/mol. The van der Waals surface area contributed by atoms with Crippen molar-refractivity contribution in [3.05, 3.63) is 91.6 Å². The van der Waals surface area contributed by atoms with Gasteiger partial charge >= 0.3 is 0 Å². The fourth-order valence-corrected chi connectivity index (χ4v) is 2.68. The summed E-state index contributed by atoms with van der Waals surface area (Å²) in [7, 11) is 0. The quantitative estimate of drug-likeness (QED) is 0.385. The molecule has 0 spiro atoms. The molecule has 4 rings (SSSR count). The summed E-state index contributed by atoms with van der Waals surface area (Å²) < 4.78 is 5.76. The summed E-state index contributed by atoms with van der Waals surface area (Å²) in [6, 6.07) is 22.9. The van der Waals surface area contributed by atoms with Crippen LogP contribution in [0.5, 0.6) is 11.5 Å². The summed E-state index contributed by atoms with van der Waals surface area (Å²) in [5, 5.41) is 14.3. The Bertz CT molecular complexity index is 1030. The van der Waals surface area contributed by atoms with E-state index < -0.39 is 0 Å². The molecule has 0 saturated heterocycles. The second kappa shape index (κ2) is 11.5. The van der Waals surface area contributed by atoms with Crippen LogP contribution in [-0.2, 0) is 39.3 Å². The van der Waals surface area contributed by atoms with Crippen molar-refractivity contribution in [1.82, 2.24) is 9.97 Å². The minimum absolute atomic E-state index is 0. The first kappa shape index (κ1) is 22.8. The van der Waals surface area contributed by atoms with Crippen LogP contribution >= 0.6 is 0 Å². The first-order valence-electron chi connectivity index (χ1n) is 8.97. The number of ether oxygens (including phenoxy) is 1. The normalized spacial score (nSPS) is 9.72. The smallest absolute Gasteiger partial charge is 0.163 e. The van der Waals surface area contributed by atoms with E-state index >= 15 is 0 Å². The van der Waals surface area contributed by atoms with Gasteiger partial charge < -0.3 is 22.1 Å². The molecular formula is C23H22N3O2Y-. The summed E-state index contributed by atoms with van der Waals surface area (Å²) >= 11 is 0. The van der Waals surface area contributed by atoms with Gasteiger partial charge in [-0.1, -0.05) is 48.5 Å². The van der Waals surface area contributed by atoms with Crippen LogP contribution in [-0.4, -0.2) is 15.1 Å². The first-order valence-corrected chi connectivity index (χ1v) is 8.97. The maximum Gasteiger partial charge on any atom is 0.163 e. The summed E-state index contributed by atoms with van der Waals surface area (Å²) in [5.41, 5.74) is 2.64. The van der Waals surface area contributed by atoms with Gasteiger partial charge in [0.25, 0.3) is 0 Å². The number of benzene rings is 3. The van der Waals surface area contributed by atoms with Gasteiger partial charge in [0.1, 0.15) is 18.8 Å². The topological polar surface area (TPSA) is 67.3 Å². The van der Waals surface area contributed by atoms with Gasteiger partial charge in [-0.25, -0.2) is 9.97 Å². The number of phenols is 1. The van der Waals surface area contributed by atoms with Crippen LogP contribution in [0.15, 0.2) is 79.1 Å². The predicted octanol–water partition coefficient (Wildman–Crippen LogP) is 5.50. The van der Waals surface area contributed by atoms with E-state index in [4.69, 9.17) is 4.74 Å². The van der Waals surface area contributed by atoms with Gasteiger partial charge in [-0.15, -0.1) is 0 Å². The van der Waals surface area contributed by atoms with Crippen LogP contribution in [0.25, 0.3) is 10.9 Å². The molecule has 0 fully saturated rings. The number of nitrogens with zero attached hydrogens (tertiary/aromatic N) is 2. The molecule has 0 aliphatic rings. The second-order valence-corrected chi connectivity index (χ2v) is 5.82. The van der Waals surface area contributed by atoms with E-state index in [0.717, 1.165) is 16.6 Å². The van der Waals surface area contributed by atoms with Gasteiger partial charge in [0, 0.05) is 49.8 Å². The van der Waals surface area contributed by atoms with E-state index in [1.807, 2.05) is 60.7 Å². The number of aromatic hydroxyl groups is 1. The maximum atomic E-state index is 10.4. The number of rotatable bonds is 5. The molecule has 0 saturated carbocycles. The van der Waals surface area contributed by atoms with Crippen LogP contribution in [0, 0.1) is 6.92 Å². The summed E-state index contributed by atoms with van der Waals surface area (Å²) in [5.74, 6) is 1.08. The predicted molar refractivity (Wildman–Crippen MR) is 113 cm³/mol. The molecule has 1 radical (unpaired) electrons. The molecule has 5 nitrogen and oxygen atoms in total. The second-order valence-electron chi connectivity index (χ2n) is 5.82. The Morgan fingerprint density at radius 1 is 0.931 bits per heavy atom. The average Bonchev–Trinajstić information content (AvgIpc) is 2.76. The molecule has 29 heavy (non-hydrogen) atoms. The molecule has 1 heterocycles. The molecule has 0 bridgehead atoms. The molecule has 6 heteroatoms. The van der Waals surface area contributed by atoms with Crippen molar-refractivity contribution >= 4 is 22.4 Å². The summed E-state index contributed by atoms with van der Waals surface area (Å²) in [4.78, 5) is 8.59. The monoisotopic (exact) mass is 461 g/mol. The largest absolute Gasteiger partial charge is 0.504 e. The Labute approximate surface area is 196 Å². The SMILES string of the molecule is Oc1cc2c(Nc3ccccc3)ncnc2cc1OCc1ccccc1.[CH2-]C.[Y]. The Morgan fingerprint density at radius 3 is 2.28 bits per heavy atom. The van der Waals surface area contributed by atoms with Crippen LogP contribution in [0.4, 0.5) is 11.5 Å². The van der Waals surface area contributed by atoms with Crippen molar-refractivity contribution in [1.29, 1.82) is 0 Å². The molecule has 0 amide bonds. The van der Waals surface area contributed by atoms with E-state index in [9.17, 15) is 5.11 Å². The maximum absolute atomic E-state index is 10.4. The van der Waals surface area contributed by atoms with Crippen LogP contribution < -0.4 is 10.1 Å². The number of phenolic OH excluding ortho intramolecular Hbond substituents is 1. The first-order chi connectivity index (χ1) is 13.8. The van der Waals surface area contributed by atoms with Crippen molar-refractivity contribution in [2.24, 2.45) is 0 Å². The molecule has 4 aromatic rings. The molecule has 1 aromatic heterocycles. The summed E-state index contributed by atoms with van der Waals surface area (Å²) in [6.45, 7) is 5.38.